The molecule has 2 aliphatic heterocycles. The zero-order valence-corrected chi connectivity index (χ0v) is 22.0. The standard InChI is InChI=1S/C24H39N5O2.HI/c1-3-25-24(26-14-8-18-29-17-7-9-23(29)30)27-19-22(28-15-5-4-6-16-28)20-10-12-21(31-2)13-11-20;/h10-13,22H,3-9,14-19H2,1-2H3,(H2,25,26,27);1H. The minimum absolute atomic E-state index is 0. The van der Waals surface area contributed by atoms with Gasteiger partial charge in [-0.1, -0.05) is 18.6 Å². The van der Waals surface area contributed by atoms with Gasteiger partial charge in [-0.05, 0) is 63.4 Å². The van der Waals surface area contributed by atoms with Gasteiger partial charge in [0, 0.05) is 32.6 Å². The quantitative estimate of drug-likeness (QED) is 0.200. The van der Waals surface area contributed by atoms with E-state index in [4.69, 9.17) is 9.73 Å². The summed E-state index contributed by atoms with van der Waals surface area (Å²) >= 11 is 0. The summed E-state index contributed by atoms with van der Waals surface area (Å²) in [7, 11) is 1.70. The molecule has 2 N–H and O–H groups in total. The molecule has 0 radical (unpaired) electrons. The molecule has 2 heterocycles. The number of hydrogen-bond acceptors (Lipinski definition) is 4. The fourth-order valence-corrected chi connectivity index (χ4v) is 4.42. The van der Waals surface area contributed by atoms with Crippen LogP contribution in [-0.4, -0.2) is 74.6 Å². The number of nitrogens with one attached hydrogen (secondary N) is 2. The lowest BCUT2D eigenvalue weighted by molar-refractivity contribution is -0.127. The predicted octanol–water partition coefficient (Wildman–Crippen LogP) is 3.41. The van der Waals surface area contributed by atoms with Crippen LogP contribution in [0.5, 0.6) is 5.75 Å². The molecule has 2 fully saturated rings. The number of carbonyl (C=O) groups excluding carboxylic acids is 1. The van der Waals surface area contributed by atoms with E-state index in [1.807, 2.05) is 17.0 Å². The largest absolute Gasteiger partial charge is 0.497 e. The van der Waals surface area contributed by atoms with Crippen LogP contribution >= 0.6 is 24.0 Å². The SMILES string of the molecule is CCNC(=NCC(c1ccc(OC)cc1)N1CCCCC1)NCCCN1CCCC1=O.I. The van der Waals surface area contributed by atoms with Gasteiger partial charge >= 0.3 is 0 Å². The van der Waals surface area contributed by atoms with Gasteiger partial charge < -0.3 is 20.3 Å². The lowest BCUT2D eigenvalue weighted by atomic mass is 10.0. The van der Waals surface area contributed by atoms with Crippen LogP contribution in [0.1, 0.15) is 57.1 Å². The number of likely N-dealkylation sites (tertiary alicyclic amines) is 2. The van der Waals surface area contributed by atoms with Gasteiger partial charge in [0.25, 0.3) is 0 Å². The average Bonchev–Trinajstić information content (AvgIpc) is 3.22. The summed E-state index contributed by atoms with van der Waals surface area (Å²) in [5.74, 6) is 2.03. The molecule has 1 unspecified atom stereocenters. The van der Waals surface area contributed by atoms with Gasteiger partial charge in [0.05, 0.1) is 19.7 Å². The number of methoxy groups -OCH3 is 1. The lowest BCUT2D eigenvalue weighted by Gasteiger charge is -2.34. The van der Waals surface area contributed by atoms with Crippen molar-refractivity contribution in [2.24, 2.45) is 4.99 Å². The highest BCUT2D eigenvalue weighted by Gasteiger charge is 2.22. The number of guanidine groups is 1. The van der Waals surface area contributed by atoms with Crippen LogP contribution in [0.15, 0.2) is 29.3 Å². The monoisotopic (exact) mass is 557 g/mol. The molecule has 1 aromatic rings. The molecular weight excluding hydrogens is 517 g/mol. The van der Waals surface area contributed by atoms with E-state index in [9.17, 15) is 4.79 Å². The Kier molecular flexibility index (Phi) is 12.2. The van der Waals surface area contributed by atoms with Crippen LogP contribution in [0, 0.1) is 0 Å². The molecule has 8 heteroatoms. The van der Waals surface area contributed by atoms with E-state index in [-0.39, 0.29) is 30.0 Å². The van der Waals surface area contributed by atoms with Crippen molar-refractivity contribution in [3.05, 3.63) is 29.8 Å². The van der Waals surface area contributed by atoms with E-state index in [0.717, 1.165) is 63.8 Å². The van der Waals surface area contributed by atoms with Crippen LogP contribution in [0.4, 0.5) is 0 Å². The predicted molar refractivity (Wildman–Crippen MR) is 141 cm³/mol. The number of benzene rings is 1. The van der Waals surface area contributed by atoms with Crippen molar-refractivity contribution in [3.8, 4) is 5.75 Å². The minimum atomic E-state index is 0. The Morgan fingerprint density at radius 2 is 1.84 bits per heavy atom. The summed E-state index contributed by atoms with van der Waals surface area (Å²) in [6, 6.07) is 8.68. The summed E-state index contributed by atoms with van der Waals surface area (Å²) in [5.41, 5.74) is 1.29. The van der Waals surface area contributed by atoms with Gasteiger partial charge in [-0.3, -0.25) is 14.7 Å². The maximum atomic E-state index is 11.8. The summed E-state index contributed by atoms with van der Waals surface area (Å²) in [4.78, 5) is 21.2. The number of ether oxygens (including phenoxy) is 1. The molecule has 7 nitrogen and oxygen atoms in total. The Morgan fingerprint density at radius 3 is 2.47 bits per heavy atom. The highest BCUT2D eigenvalue weighted by molar-refractivity contribution is 14.0. The molecule has 3 rings (SSSR count). The minimum Gasteiger partial charge on any atom is -0.497 e. The second kappa shape index (κ2) is 14.6. The molecule has 0 aromatic heterocycles. The van der Waals surface area contributed by atoms with Gasteiger partial charge in [-0.15, -0.1) is 24.0 Å². The Balaban J connectivity index is 0.00000363. The molecule has 2 aliphatic rings. The Labute approximate surface area is 210 Å². The molecule has 1 amide bonds. The van der Waals surface area contributed by atoms with Crippen molar-refractivity contribution >= 4 is 35.8 Å². The fourth-order valence-electron chi connectivity index (χ4n) is 4.42. The molecular formula is C24H40IN5O2. The van der Waals surface area contributed by atoms with Gasteiger partial charge in [0.2, 0.25) is 5.91 Å². The van der Waals surface area contributed by atoms with Crippen molar-refractivity contribution < 1.29 is 9.53 Å². The first-order chi connectivity index (χ1) is 15.2. The highest BCUT2D eigenvalue weighted by atomic mass is 127. The van der Waals surface area contributed by atoms with E-state index < -0.39 is 0 Å². The molecule has 32 heavy (non-hydrogen) atoms. The van der Waals surface area contributed by atoms with Gasteiger partial charge in [-0.25, -0.2) is 0 Å². The first-order valence-corrected chi connectivity index (χ1v) is 11.9. The molecule has 0 spiro atoms. The van der Waals surface area contributed by atoms with Crippen molar-refractivity contribution in [1.82, 2.24) is 20.4 Å². The smallest absolute Gasteiger partial charge is 0.222 e. The van der Waals surface area contributed by atoms with E-state index in [1.54, 1.807) is 7.11 Å². The Morgan fingerprint density at radius 1 is 1.09 bits per heavy atom. The zero-order chi connectivity index (χ0) is 21.9. The van der Waals surface area contributed by atoms with E-state index in [2.05, 4.69) is 34.6 Å². The van der Waals surface area contributed by atoms with Gasteiger partial charge in [0.15, 0.2) is 5.96 Å². The fraction of sp³-hybridized carbons (Fsp3) is 0.667. The summed E-state index contributed by atoms with van der Waals surface area (Å²) in [6.07, 6.45) is 6.47. The van der Waals surface area contributed by atoms with Gasteiger partial charge in [-0.2, -0.15) is 0 Å². The molecule has 0 bridgehead atoms. The molecule has 2 saturated heterocycles. The van der Waals surface area contributed by atoms with E-state index >= 15 is 0 Å². The lowest BCUT2D eigenvalue weighted by Crippen LogP contribution is -2.40. The first kappa shape index (κ1) is 26.7. The number of piperidine rings is 1. The third-order valence-electron chi connectivity index (χ3n) is 6.17. The first-order valence-electron chi connectivity index (χ1n) is 11.9. The molecule has 0 aliphatic carbocycles. The number of nitrogens with zero attached hydrogens (tertiary/aromatic N) is 3. The third-order valence-corrected chi connectivity index (χ3v) is 6.17. The van der Waals surface area contributed by atoms with E-state index in [0.29, 0.717) is 18.9 Å². The second-order valence-electron chi connectivity index (χ2n) is 8.37. The number of carbonyl (C=O) groups is 1. The van der Waals surface area contributed by atoms with Crippen LogP contribution in [0.3, 0.4) is 0 Å². The highest BCUT2D eigenvalue weighted by Crippen LogP contribution is 2.26. The van der Waals surface area contributed by atoms with Crippen LogP contribution in [-0.2, 0) is 4.79 Å². The maximum Gasteiger partial charge on any atom is 0.222 e. The van der Waals surface area contributed by atoms with Crippen molar-refractivity contribution in [2.75, 3.05) is 52.9 Å². The summed E-state index contributed by atoms with van der Waals surface area (Å²) in [6.45, 7) is 8.43. The van der Waals surface area contributed by atoms with Crippen LogP contribution in [0.25, 0.3) is 0 Å². The summed E-state index contributed by atoms with van der Waals surface area (Å²) < 4.78 is 5.34. The third kappa shape index (κ3) is 8.10. The number of amides is 1. The number of halogens is 1. The maximum absolute atomic E-state index is 11.8. The molecule has 1 atom stereocenters. The molecule has 0 saturated carbocycles. The number of aliphatic imine (C=N–C) groups is 1. The van der Waals surface area contributed by atoms with Gasteiger partial charge in [0.1, 0.15) is 5.75 Å². The van der Waals surface area contributed by atoms with Crippen molar-refractivity contribution in [2.45, 2.75) is 51.5 Å². The molecule has 180 valence electrons. The Bertz CT molecular complexity index is 707. The van der Waals surface area contributed by atoms with Crippen molar-refractivity contribution in [1.29, 1.82) is 0 Å². The summed E-state index contributed by atoms with van der Waals surface area (Å²) in [5, 5.41) is 6.82. The van der Waals surface area contributed by atoms with Crippen molar-refractivity contribution in [3.63, 3.8) is 0 Å². The second-order valence-corrected chi connectivity index (χ2v) is 8.37. The average molecular weight is 558 g/mol. The van der Waals surface area contributed by atoms with Crippen LogP contribution < -0.4 is 15.4 Å². The number of hydrogen-bond donors (Lipinski definition) is 2. The normalized spacial score (nSPS) is 18.2. The van der Waals surface area contributed by atoms with E-state index in [1.165, 1.54) is 24.8 Å². The number of rotatable bonds is 10. The Hall–Kier alpha value is -1.55. The topological polar surface area (TPSA) is 69.2 Å². The van der Waals surface area contributed by atoms with Crippen LogP contribution in [0.2, 0.25) is 0 Å². The zero-order valence-electron chi connectivity index (χ0n) is 19.6. The molecule has 1 aromatic carbocycles.